The van der Waals surface area contributed by atoms with E-state index in [4.69, 9.17) is 5.73 Å². The van der Waals surface area contributed by atoms with Crippen molar-refractivity contribution in [2.75, 3.05) is 11.5 Å². The molecule has 0 amide bonds. The van der Waals surface area contributed by atoms with E-state index >= 15 is 0 Å². The van der Waals surface area contributed by atoms with E-state index in [1.165, 1.54) is 30.8 Å². The number of nitro benzene ring substituents is 1. The predicted molar refractivity (Wildman–Crippen MR) is 77.2 cm³/mol. The van der Waals surface area contributed by atoms with Crippen molar-refractivity contribution in [3.63, 3.8) is 0 Å². The molecule has 4 nitrogen and oxygen atoms in total. The summed E-state index contributed by atoms with van der Waals surface area (Å²) in [4.78, 5) is 10.6. The first-order valence-electron chi connectivity index (χ1n) is 5.88. The van der Waals surface area contributed by atoms with Crippen molar-refractivity contribution in [2.24, 2.45) is 0 Å². The zero-order valence-corrected chi connectivity index (χ0v) is 12.2. The average Bonchev–Trinajstić information content (AvgIpc) is 2.42. The fourth-order valence-corrected chi connectivity index (χ4v) is 2.18. The van der Waals surface area contributed by atoms with E-state index in [2.05, 4.69) is 0 Å². The summed E-state index contributed by atoms with van der Waals surface area (Å²) in [6.07, 6.45) is -3.63. The third kappa shape index (κ3) is 5.40. The summed E-state index contributed by atoms with van der Waals surface area (Å²) in [5.41, 5.74) is 5.71. The van der Waals surface area contributed by atoms with E-state index in [0.29, 0.717) is 16.5 Å². The molecule has 0 aliphatic carbocycles. The first-order chi connectivity index (χ1) is 10.1. The van der Waals surface area contributed by atoms with E-state index < -0.39 is 16.9 Å². The Balaban J connectivity index is 2.74. The zero-order valence-electron chi connectivity index (χ0n) is 11.4. The number of alkyl halides is 3. The number of rotatable bonds is 5. The number of nitro groups is 1. The molecule has 0 aliphatic rings. The Labute approximate surface area is 127 Å². The van der Waals surface area contributed by atoms with Crippen LogP contribution >= 0.6 is 11.8 Å². The first-order valence-corrected chi connectivity index (χ1v) is 6.86. The van der Waals surface area contributed by atoms with Gasteiger partial charge < -0.3 is 5.73 Å². The molecule has 0 atom stereocenters. The fraction of sp³-hybridized carbons (Fsp3) is 0.231. The summed E-state index contributed by atoms with van der Waals surface area (Å²) in [6, 6.07) is 4.22. The molecule has 0 heterocycles. The number of anilines is 1. The van der Waals surface area contributed by atoms with Crippen LogP contribution in [0.25, 0.3) is 0 Å². The molecule has 0 unspecified atom stereocenters. The lowest BCUT2D eigenvalue weighted by Crippen LogP contribution is -2.07. The van der Waals surface area contributed by atoms with Gasteiger partial charge in [0, 0.05) is 16.7 Å². The van der Waals surface area contributed by atoms with Crippen molar-refractivity contribution in [3.05, 3.63) is 51.9 Å². The normalized spacial score (nSPS) is 13.3. The fourth-order valence-electron chi connectivity index (χ4n) is 1.33. The molecule has 1 aromatic rings. The van der Waals surface area contributed by atoms with Crippen LogP contribution in [-0.4, -0.2) is 16.9 Å². The molecule has 0 aliphatic heterocycles. The molecule has 0 saturated heterocycles. The summed E-state index contributed by atoms with van der Waals surface area (Å²) in [5.74, 6) is -1.93. The van der Waals surface area contributed by atoms with E-state index in [9.17, 15) is 27.7 Å². The number of nitrogens with two attached hydrogens (primary N) is 1. The summed E-state index contributed by atoms with van der Waals surface area (Å²) >= 11 is 1.17. The second-order valence-corrected chi connectivity index (χ2v) is 5.34. The van der Waals surface area contributed by atoms with Crippen LogP contribution in [0.15, 0.2) is 46.6 Å². The van der Waals surface area contributed by atoms with Gasteiger partial charge in [-0.2, -0.15) is 13.2 Å². The van der Waals surface area contributed by atoms with Crippen LogP contribution in [0.2, 0.25) is 0 Å². The van der Waals surface area contributed by atoms with Crippen molar-refractivity contribution in [1.82, 2.24) is 0 Å². The molecule has 0 aromatic heterocycles. The number of hydrogen-bond acceptors (Lipinski definition) is 4. The van der Waals surface area contributed by atoms with Crippen LogP contribution in [0.5, 0.6) is 0 Å². The second kappa shape index (κ2) is 7.30. The molecule has 0 bridgehead atoms. The van der Waals surface area contributed by atoms with Gasteiger partial charge >= 0.3 is 6.18 Å². The van der Waals surface area contributed by atoms with Gasteiger partial charge in [0.05, 0.1) is 4.92 Å². The summed E-state index contributed by atoms with van der Waals surface area (Å²) in [7, 11) is 0. The van der Waals surface area contributed by atoms with Gasteiger partial charge in [-0.15, -0.1) is 11.8 Å². The molecule has 1 rings (SSSR count). The third-order valence-electron chi connectivity index (χ3n) is 2.45. The molecular weight excluding hydrogens is 324 g/mol. The number of thioether (sulfide) groups is 1. The lowest BCUT2D eigenvalue weighted by Gasteiger charge is -2.04. The second-order valence-electron chi connectivity index (χ2n) is 4.29. The predicted octanol–water partition coefficient (Wildman–Crippen LogP) is 4.63. The first kappa shape index (κ1) is 18.0. The molecule has 0 spiro atoms. The largest absolute Gasteiger partial charge is 0.442 e. The van der Waals surface area contributed by atoms with Crippen molar-refractivity contribution < 1.29 is 22.5 Å². The minimum absolute atomic E-state index is 0.0248. The number of benzene rings is 1. The Hall–Kier alpha value is -2.03. The lowest BCUT2D eigenvalue weighted by molar-refractivity contribution is -0.384. The molecule has 120 valence electrons. The molecular formula is C13H12F4N2O2S. The van der Waals surface area contributed by atoms with Gasteiger partial charge in [0.25, 0.3) is 5.69 Å². The van der Waals surface area contributed by atoms with Gasteiger partial charge in [-0.05, 0) is 25.1 Å². The molecule has 9 heteroatoms. The van der Waals surface area contributed by atoms with Crippen molar-refractivity contribution in [2.45, 2.75) is 18.0 Å². The van der Waals surface area contributed by atoms with Gasteiger partial charge in [0.1, 0.15) is 5.69 Å². The number of halogens is 4. The Bertz CT molecular complexity index is 627. The molecule has 0 fully saturated rings. The summed E-state index contributed by atoms with van der Waals surface area (Å²) in [5, 5.41) is 10.7. The Kier molecular flexibility index (Phi) is 5.98. The van der Waals surface area contributed by atoms with Gasteiger partial charge in [-0.3, -0.25) is 10.1 Å². The highest BCUT2D eigenvalue weighted by molar-refractivity contribution is 7.99. The maximum atomic E-state index is 12.6. The van der Waals surface area contributed by atoms with Crippen LogP contribution in [-0.2, 0) is 0 Å². The smallest absolute Gasteiger partial charge is 0.393 e. The van der Waals surface area contributed by atoms with Gasteiger partial charge in [0.15, 0.2) is 0 Å². The third-order valence-corrected chi connectivity index (χ3v) is 3.64. The topological polar surface area (TPSA) is 69.2 Å². The van der Waals surface area contributed by atoms with Crippen molar-refractivity contribution in [1.29, 1.82) is 0 Å². The average molecular weight is 336 g/mol. The molecule has 22 heavy (non-hydrogen) atoms. The highest BCUT2D eigenvalue weighted by Crippen LogP contribution is 2.29. The SMILES string of the molecule is C/C(=C\C=C(/F)C(F)(F)F)CSc1ccc(N)c([N+](=O)[O-])c1. The summed E-state index contributed by atoms with van der Waals surface area (Å²) in [6.45, 7) is 1.53. The van der Waals surface area contributed by atoms with Crippen molar-refractivity contribution in [3.8, 4) is 0 Å². The summed E-state index contributed by atoms with van der Waals surface area (Å²) < 4.78 is 48.5. The molecule has 2 N–H and O–H groups in total. The van der Waals surface area contributed by atoms with Crippen LogP contribution in [0.1, 0.15) is 6.92 Å². The standard InChI is InChI=1S/C13H12F4N2O2S/c1-8(2-5-12(14)13(15,16)17)7-22-9-3-4-10(18)11(6-9)19(20)21/h2-6H,7,18H2,1H3/b8-2+,12-5-. The van der Waals surface area contributed by atoms with Crippen LogP contribution < -0.4 is 5.73 Å². The maximum absolute atomic E-state index is 12.6. The Morgan fingerprint density at radius 2 is 2.05 bits per heavy atom. The van der Waals surface area contributed by atoms with E-state index in [1.54, 1.807) is 6.07 Å². The van der Waals surface area contributed by atoms with Crippen molar-refractivity contribution >= 4 is 23.1 Å². The molecule has 0 radical (unpaired) electrons. The number of nitrogens with zero attached hydrogens (tertiary/aromatic N) is 1. The minimum atomic E-state index is -5.00. The maximum Gasteiger partial charge on any atom is 0.442 e. The Morgan fingerprint density at radius 1 is 1.41 bits per heavy atom. The van der Waals surface area contributed by atoms with Gasteiger partial charge in [-0.25, -0.2) is 4.39 Å². The van der Waals surface area contributed by atoms with E-state index in [1.807, 2.05) is 0 Å². The number of hydrogen-bond donors (Lipinski definition) is 1. The lowest BCUT2D eigenvalue weighted by atomic mass is 10.3. The number of nitrogen functional groups attached to an aromatic ring is 1. The number of allylic oxidation sites excluding steroid dienone is 3. The molecule has 1 aromatic carbocycles. The van der Waals surface area contributed by atoms with Gasteiger partial charge in [-0.1, -0.05) is 11.6 Å². The zero-order chi connectivity index (χ0) is 16.9. The quantitative estimate of drug-likeness (QED) is 0.212. The molecule has 0 saturated carbocycles. The van der Waals surface area contributed by atoms with E-state index in [0.717, 1.165) is 6.08 Å². The van der Waals surface area contributed by atoms with Crippen LogP contribution in [0, 0.1) is 10.1 Å². The highest BCUT2D eigenvalue weighted by atomic mass is 32.2. The van der Waals surface area contributed by atoms with E-state index in [-0.39, 0.29) is 17.1 Å². The Morgan fingerprint density at radius 3 is 2.59 bits per heavy atom. The monoisotopic (exact) mass is 336 g/mol. The van der Waals surface area contributed by atoms with Crippen LogP contribution in [0.3, 0.4) is 0 Å². The minimum Gasteiger partial charge on any atom is -0.393 e. The van der Waals surface area contributed by atoms with Crippen LogP contribution in [0.4, 0.5) is 28.9 Å². The van der Waals surface area contributed by atoms with Gasteiger partial charge in [0.2, 0.25) is 5.83 Å². The highest BCUT2D eigenvalue weighted by Gasteiger charge is 2.33.